The molecule has 0 amide bonds. The third-order valence-electron chi connectivity index (χ3n) is 3.53. The minimum absolute atomic E-state index is 0.191. The molecule has 0 radical (unpaired) electrons. The van der Waals surface area contributed by atoms with Crippen LogP contribution in [0.15, 0.2) is 16.6 Å². The number of hydrogen-bond acceptors (Lipinski definition) is 4. The van der Waals surface area contributed by atoms with Crippen LogP contribution in [0.4, 0.5) is 0 Å². The van der Waals surface area contributed by atoms with Gasteiger partial charge in [-0.2, -0.15) is 0 Å². The fourth-order valence-electron chi connectivity index (χ4n) is 2.51. The average Bonchev–Trinajstić information content (AvgIpc) is 2.46. The van der Waals surface area contributed by atoms with Crippen molar-refractivity contribution in [3.05, 3.63) is 22.2 Å². The van der Waals surface area contributed by atoms with Gasteiger partial charge in [0.25, 0.3) is 0 Å². The Hall–Kier alpha value is -1.07. The molecule has 0 aliphatic carbocycles. The maximum absolute atomic E-state index is 12.4. The number of halogens is 1. The van der Waals surface area contributed by atoms with Gasteiger partial charge in [-0.1, -0.05) is 34.6 Å². The Balaban J connectivity index is 2.78. The summed E-state index contributed by atoms with van der Waals surface area (Å²) in [4.78, 5) is 12.4. The molecule has 0 bridgehead atoms. The average molecular weight is 387 g/mol. The third kappa shape index (κ3) is 5.21. The number of carbonyl (C=O) groups is 1. The summed E-state index contributed by atoms with van der Waals surface area (Å²) >= 11 is 3.44. The lowest BCUT2D eigenvalue weighted by molar-refractivity contribution is -0.138. The fourth-order valence-corrected chi connectivity index (χ4v) is 3.06. The normalized spacial score (nSPS) is 12.2. The van der Waals surface area contributed by atoms with Crippen LogP contribution in [0.1, 0.15) is 40.2 Å². The van der Waals surface area contributed by atoms with Crippen molar-refractivity contribution in [2.75, 3.05) is 20.8 Å². The first kappa shape index (κ1) is 20.0. The fraction of sp³-hybridized carbons (Fsp3) is 0.611. The second kappa shape index (κ2) is 7.67. The second-order valence-electron chi connectivity index (χ2n) is 7.27. The molecule has 0 atom stereocenters. The minimum Gasteiger partial charge on any atom is -0.495 e. The molecule has 1 rings (SSSR count). The van der Waals surface area contributed by atoms with Crippen molar-refractivity contribution in [1.29, 1.82) is 0 Å². The summed E-state index contributed by atoms with van der Waals surface area (Å²) in [5, 5.41) is 0. The van der Waals surface area contributed by atoms with Crippen molar-refractivity contribution in [1.82, 2.24) is 0 Å². The van der Waals surface area contributed by atoms with Crippen LogP contribution in [0, 0.1) is 10.8 Å². The van der Waals surface area contributed by atoms with Crippen molar-refractivity contribution in [2.45, 2.75) is 41.2 Å². The lowest BCUT2D eigenvalue weighted by Gasteiger charge is -2.30. The lowest BCUT2D eigenvalue weighted by Crippen LogP contribution is -2.38. The monoisotopic (exact) mass is 386 g/mol. The van der Waals surface area contributed by atoms with Crippen LogP contribution in [0.25, 0.3) is 0 Å². The Labute approximate surface area is 147 Å². The smallest absolute Gasteiger partial charge is 0.146 e. The molecule has 0 aliphatic heterocycles. The topological polar surface area (TPSA) is 44.8 Å². The lowest BCUT2D eigenvalue weighted by atomic mass is 9.75. The number of rotatable bonds is 7. The zero-order valence-corrected chi connectivity index (χ0v) is 16.7. The second-order valence-corrected chi connectivity index (χ2v) is 8.06. The Kier molecular flexibility index (Phi) is 6.66. The van der Waals surface area contributed by atoms with E-state index in [0.717, 1.165) is 10.0 Å². The van der Waals surface area contributed by atoms with Gasteiger partial charge in [0.1, 0.15) is 21.8 Å². The Morgan fingerprint density at radius 3 is 1.91 bits per heavy atom. The third-order valence-corrected chi connectivity index (χ3v) is 4.31. The van der Waals surface area contributed by atoms with Crippen LogP contribution in [-0.4, -0.2) is 26.6 Å². The van der Waals surface area contributed by atoms with Crippen molar-refractivity contribution in [3.8, 4) is 11.5 Å². The molecule has 4 nitrogen and oxygen atoms in total. The summed E-state index contributed by atoms with van der Waals surface area (Å²) in [5.41, 5.74) is 0.0273. The highest BCUT2D eigenvalue weighted by molar-refractivity contribution is 9.10. The van der Waals surface area contributed by atoms with E-state index in [0.29, 0.717) is 24.7 Å². The van der Waals surface area contributed by atoms with Gasteiger partial charge in [-0.25, -0.2) is 0 Å². The molecule has 0 aliphatic rings. The van der Waals surface area contributed by atoms with Gasteiger partial charge in [-0.15, -0.1) is 0 Å². The minimum atomic E-state index is -0.526. The van der Waals surface area contributed by atoms with Gasteiger partial charge in [0.05, 0.1) is 27.4 Å². The van der Waals surface area contributed by atoms with Crippen molar-refractivity contribution in [2.24, 2.45) is 10.8 Å². The molecule has 0 spiro atoms. The quantitative estimate of drug-likeness (QED) is 0.685. The van der Waals surface area contributed by atoms with Gasteiger partial charge < -0.3 is 14.2 Å². The van der Waals surface area contributed by atoms with Crippen LogP contribution in [0.2, 0.25) is 0 Å². The molecule has 0 heterocycles. The van der Waals surface area contributed by atoms with Crippen LogP contribution in [-0.2, 0) is 16.1 Å². The summed E-state index contributed by atoms with van der Waals surface area (Å²) in [7, 11) is 3.21. The van der Waals surface area contributed by atoms with E-state index >= 15 is 0 Å². The summed E-state index contributed by atoms with van der Waals surface area (Å²) in [5.74, 6) is 1.57. The predicted octanol–water partition coefficient (Wildman–Crippen LogP) is 4.62. The number of hydrogen-bond donors (Lipinski definition) is 0. The molecule has 1 aromatic carbocycles. The first-order valence-corrected chi connectivity index (χ1v) is 8.35. The molecule has 0 aromatic heterocycles. The molecule has 0 N–H and O–H groups in total. The van der Waals surface area contributed by atoms with Crippen LogP contribution in [0.5, 0.6) is 11.5 Å². The molecule has 0 saturated carbocycles. The van der Waals surface area contributed by atoms with E-state index in [2.05, 4.69) is 15.9 Å². The van der Waals surface area contributed by atoms with Gasteiger partial charge in [0.15, 0.2) is 0 Å². The predicted molar refractivity (Wildman–Crippen MR) is 95.1 cm³/mol. The first-order valence-electron chi connectivity index (χ1n) is 7.56. The zero-order valence-electron chi connectivity index (χ0n) is 15.1. The number of ketones is 1. The summed E-state index contributed by atoms with van der Waals surface area (Å²) in [6.07, 6.45) is 0. The number of methoxy groups -OCH3 is 2. The van der Waals surface area contributed by atoms with Crippen molar-refractivity contribution < 1.29 is 19.0 Å². The van der Waals surface area contributed by atoms with Crippen LogP contribution in [0.3, 0.4) is 0 Å². The highest BCUT2D eigenvalue weighted by atomic mass is 79.9. The van der Waals surface area contributed by atoms with Gasteiger partial charge in [0, 0.05) is 10.8 Å². The number of ether oxygens (including phenoxy) is 3. The molecule has 1 aromatic rings. The van der Waals surface area contributed by atoms with Gasteiger partial charge >= 0.3 is 0 Å². The number of carbonyl (C=O) groups excluding carboxylic acids is 1. The SMILES string of the molecule is COc1cc(COCC(C)(C)C(=O)C(C)(C)C)cc(OC)c1Br. The van der Waals surface area contributed by atoms with E-state index in [4.69, 9.17) is 14.2 Å². The zero-order chi connectivity index (χ0) is 17.8. The largest absolute Gasteiger partial charge is 0.495 e. The number of Topliss-reactive ketones (excluding diaryl/α,β-unsaturated/α-hetero) is 1. The molecule has 0 fully saturated rings. The molecular formula is C18H27BrO4. The van der Waals surface area contributed by atoms with E-state index in [-0.39, 0.29) is 11.2 Å². The maximum Gasteiger partial charge on any atom is 0.146 e. The number of benzene rings is 1. The van der Waals surface area contributed by atoms with E-state index in [1.807, 2.05) is 46.8 Å². The van der Waals surface area contributed by atoms with Gasteiger partial charge in [-0.05, 0) is 33.6 Å². The van der Waals surface area contributed by atoms with Gasteiger partial charge in [-0.3, -0.25) is 4.79 Å². The van der Waals surface area contributed by atoms with Crippen LogP contribution >= 0.6 is 15.9 Å². The van der Waals surface area contributed by atoms with Crippen LogP contribution < -0.4 is 9.47 Å². The summed E-state index contributed by atoms with van der Waals surface area (Å²) in [6.45, 7) is 10.4. The Morgan fingerprint density at radius 1 is 1.04 bits per heavy atom. The van der Waals surface area contributed by atoms with E-state index in [1.54, 1.807) is 14.2 Å². The molecule has 23 heavy (non-hydrogen) atoms. The standard InChI is InChI=1S/C18H27BrO4/c1-17(2,3)16(20)18(4,5)11-23-10-12-8-13(21-6)15(19)14(9-12)22-7/h8-9H,10-11H2,1-7H3. The van der Waals surface area contributed by atoms with Crippen molar-refractivity contribution in [3.63, 3.8) is 0 Å². The summed E-state index contributed by atoms with van der Waals surface area (Å²) < 4.78 is 17.2. The Morgan fingerprint density at radius 2 is 1.52 bits per heavy atom. The van der Waals surface area contributed by atoms with E-state index in [9.17, 15) is 4.79 Å². The molecular weight excluding hydrogens is 360 g/mol. The molecule has 5 heteroatoms. The van der Waals surface area contributed by atoms with E-state index in [1.165, 1.54) is 0 Å². The Bertz CT molecular complexity index is 534. The van der Waals surface area contributed by atoms with Gasteiger partial charge in [0.2, 0.25) is 0 Å². The first-order chi connectivity index (χ1) is 10.5. The maximum atomic E-state index is 12.4. The van der Waals surface area contributed by atoms with Crippen molar-refractivity contribution >= 4 is 21.7 Å². The molecule has 130 valence electrons. The molecule has 0 saturated heterocycles. The van der Waals surface area contributed by atoms with E-state index < -0.39 is 5.41 Å². The molecule has 0 unspecified atom stereocenters. The highest BCUT2D eigenvalue weighted by Gasteiger charge is 2.36. The summed E-state index contributed by atoms with van der Waals surface area (Å²) in [6, 6.07) is 3.79. The highest BCUT2D eigenvalue weighted by Crippen LogP contribution is 2.36.